The molecule has 1 heterocycles. The van der Waals surface area contributed by atoms with E-state index < -0.39 is 8.32 Å². The standard InChI is InChI=1S/C11H22GeO2Si/c1-10(2,3)11(14-15(4,5)6)12-8-7-9-13-11/h7,9H,8H2,1-6H3. The summed E-state index contributed by atoms with van der Waals surface area (Å²) < 4.78 is 11.9. The van der Waals surface area contributed by atoms with Gasteiger partial charge in [-0.3, -0.25) is 0 Å². The van der Waals surface area contributed by atoms with Crippen molar-refractivity contribution in [1.82, 2.24) is 0 Å². The first kappa shape index (κ1) is 13.3. The van der Waals surface area contributed by atoms with Crippen LogP contribution >= 0.6 is 0 Å². The van der Waals surface area contributed by atoms with Crippen LogP contribution in [0.2, 0.25) is 24.9 Å². The van der Waals surface area contributed by atoms with Gasteiger partial charge in [0.2, 0.25) is 0 Å². The topological polar surface area (TPSA) is 18.5 Å². The predicted molar refractivity (Wildman–Crippen MR) is 67.4 cm³/mol. The number of hydrogen-bond acceptors (Lipinski definition) is 2. The van der Waals surface area contributed by atoms with E-state index in [1.807, 2.05) is 6.26 Å². The van der Waals surface area contributed by atoms with Crippen LogP contribution in [0.25, 0.3) is 0 Å². The van der Waals surface area contributed by atoms with E-state index in [-0.39, 0.29) is 25.5 Å². The van der Waals surface area contributed by atoms with E-state index in [9.17, 15) is 0 Å². The average Bonchev–Trinajstić information content (AvgIpc) is 2.00. The van der Waals surface area contributed by atoms with E-state index in [2.05, 4.69) is 46.5 Å². The Balaban J connectivity index is 2.92. The second-order valence-corrected chi connectivity index (χ2v) is 13.4. The molecular formula is C11H22GeO2Si. The van der Waals surface area contributed by atoms with E-state index in [4.69, 9.17) is 9.16 Å². The summed E-state index contributed by atoms with van der Waals surface area (Å²) in [5.41, 5.74) is 0.0675. The molecule has 1 unspecified atom stereocenters. The first-order valence-corrected chi connectivity index (χ1v) is 11.4. The molecule has 0 spiro atoms. The molecule has 2 radical (unpaired) electrons. The van der Waals surface area contributed by atoms with E-state index >= 15 is 0 Å². The van der Waals surface area contributed by atoms with E-state index in [1.54, 1.807) is 0 Å². The monoisotopic (exact) mass is 288 g/mol. The summed E-state index contributed by atoms with van der Waals surface area (Å²) in [6, 6.07) is 0. The Kier molecular flexibility index (Phi) is 3.78. The average molecular weight is 287 g/mol. The van der Waals surface area contributed by atoms with Gasteiger partial charge in [0.25, 0.3) is 0 Å². The van der Waals surface area contributed by atoms with Crippen LogP contribution < -0.4 is 0 Å². The Morgan fingerprint density at radius 1 is 1.33 bits per heavy atom. The van der Waals surface area contributed by atoms with Crippen LogP contribution in [0.3, 0.4) is 0 Å². The first-order valence-electron chi connectivity index (χ1n) is 5.44. The molecule has 1 aliphatic rings. The number of allylic oxidation sites excluding steroid dienone is 1. The Morgan fingerprint density at radius 3 is 2.27 bits per heavy atom. The second kappa shape index (κ2) is 4.26. The zero-order valence-electron chi connectivity index (χ0n) is 10.7. The summed E-state index contributed by atoms with van der Waals surface area (Å²) in [5, 5.41) is 1.17. The Hall–Kier alpha value is 0.260. The van der Waals surface area contributed by atoms with Gasteiger partial charge in [-0.2, -0.15) is 0 Å². The van der Waals surface area contributed by atoms with Gasteiger partial charge in [-0.15, -0.1) is 0 Å². The van der Waals surface area contributed by atoms with Crippen molar-refractivity contribution in [3.8, 4) is 0 Å². The Bertz CT molecular complexity index is 252. The van der Waals surface area contributed by atoms with Gasteiger partial charge in [-0.25, -0.2) is 0 Å². The molecule has 0 aliphatic carbocycles. The third kappa shape index (κ3) is 3.36. The van der Waals surface area contributed by atoms with Crippen molar-refractivity contribution in [3.63, 3.8) is 0 Å². The number of rotatable bonds is 2. The SMILES string of the molecule is CC(C)(C)[C]1(O[Si](C)(C)C)OC=C[CH2][Ge]1. The summed E-state index contributed by atoms with van der Waals surface area (Å²) in [6.45, 7) is 13.3. The minimum absolute atomic E-state index is 0.0675. The molecule has 0 bridgehead atoms. The first-order chi connectivity index (χ1) is 6.66. The third-order valence-corrected chi connectivity index (χ3v) is 7.48. The maximum atomic E-state index is 6.35. The molecule has 15 heavy (non-hydrogen) atoms. The molecule has 1 rings (SSSR count). The van der Waals surface area contributed by atoms with Gasteiger partial charge in [0.15, 0.2) is 0 Å². The second-order valence-electron chi connectivity index (χ2n) is 5.95. The van der Waals surface area contributed by atoms with Gasteiger partial charge in [-0.05, 0) is 0 Å². The molecule has 4 heteroatoms. The van der Waals surface area contributed by atoms with Crippen LogP contribution in [0.5, 0.6) is 0 Å². The molecule has 0 aromatic carbocycles. The molecular weight excluding hydrogens is 265 g/mol. The molecule has 0 saturated carbocycles. The summed E-state index contributed by atoms with van der Waals surface area (Å²) in [4.78, 5) is 0. The zero-order chi connectivity index (χ0) is 11.7. The van der Waals surface area contributed by atoms with Gasteiger partial charge < -0.3 is 0 Å². The maximum absolute atomic E-state index is 6.35. The minimum atomic E-state index is -1.55. The zero-order valence-corrected chi connectivity index (χ0v) is 13.8. The van der Waals surface area contributed by atoms with Crippen molar-refractivity contribution >= 4 is 23.7 Å². The molecule has 1 atom stereocenters. The fourth-order valence-electron chi connectivity index (χ4n) is 1.51. The van der Waals surface area contributed by atoms with Gasteiger partial charge in [0.1, 0.15) is 0 Å². The van der Waals surface area contributed by atoms with Crippen LogP contribution in [-0.4, -0.2) is 28.4 Å². The van der Waals surface area contributed by atoms with Crippen LogP contribution in [0.15, 0.2) is 12.3 Å². The molecule has 0 amide bonds. The van der Waals surface area contributed by atoms with Gasteiger partial charge in [-0.1, -0.05) is 0 Å². The van der Waals surface area contributed by atoms with Crippen LogP contribution in [-0.2, 0) is 9.16 Å². The normalized spacial score (nSPS) is 27.6. The van der Waals surface area contributed by atoms with Crippen LogP contribution in [0, 0.1) is 5.41 Å². The van der Waals surface area contributed by atoms with Crippen molar-refractivity contribution in [2.75, 3.05) is 0 Å². The molecule has 0 N–H and O–H groups in total. The fourth-order valence-corrected chi connectivity index (χ4v) is 7.63. The predicted octanol–water partition coefficient (Wildman–Crippen LogP) is 3.20. The van der Waals surface area contributed by atoms with Crippen LogP contribution in [0.1, 0.15) is 20.8 Å². The van der Waals surface area contributed by atoms with Gasteiger partial charge >= 0.3 is 101 Å². The van der Waals surface area contributed by atoms with E-state index in [0.717, 1.165) is 0 Å². The van der Waals surface area contributed by atoms with E-state index in [0.29, 0.717) is 0 Å². The third-order valence-electron chi connectivity index (χ3n) is 2.22. The fraction of sp³-hybridized carbons (Fsp3) is 0.818. The molecule has 0 saturated heterocycles. The van der Waals surface area contributed by atoms with Crippen molar-refractivity contribution in [2.45, 2.75) is 50.3 Å². The molecule has 0 aromatic rings. The quantitative estimate of drug-likeness (QED) is 0.726. The molecule has 0 aromatic heterocycles. The molecule has 86 valence electrons. The summed E-state index contributed by atoms with van der Waals surface area (Å²) >= 11 is -0.233. The molecule has 0 fully saturated rings. The number of hydrogen-bond donors (Lipinski definition) is 0. The Morgan fingerprint density at radius 2 is 1.93 bits per heavy atom. The Labute approximate surface area is 101 Å². The number of ether oxygens (including phenoxy) is 1. The summed E-state index contributed by atoms with van der Waals surface area (Å²) in [7, 11) is -1.55. The van der Waals surface area contributed by atoms with Crippen molar-refractivity contribution in [3.05, 3.63) is 12.3 Å². The van der Waals surface area contributed by atoms with Gasteiger partial charge in [0, 0.05) is 0 Å². The summed E-state index contributed by atoms with van der Waals surface area (Å²) in [5.74, 6) is 0. The summed E-state index contributed by atoms with van der Waals surface area (Å²) in [6.07, 6.45) is 3.95. The van der Waals surface area contributed by atoms with E-state index in [1.165, 1.54) is 5.25 Å². The van der Waals surface area contributed by atoms with Crippen molar-refractivity contribution < 1.29 is 9.16 Å². The van der Waals surface area contributed by atoms with Crippen molar-refractivity contribution in [2.24, 2.45) is 5.41 Å². The molecule has 1 aliphatic heterocycles. The van der Waals surface area contributed by atoms with Crippen molar-refractivity contribution in [1.29, 1.82) is 0 Å². The van der Waals surface area contributed by atoms with Crippen LogP contribution in [0.4, 0.5) is 0 Å². The molecule has 2 nitrogen and oxygen atoms in total. The van der Waals surface area contributed by atoms with Gasteiger partial charge in [0.05, 0.1) is 0 Å².